The Morgan fingerprint density at radius 2 is 0.731 bits per heavy atom. The molecule has 0 amide bonds. The van der Waals surface area contributed by atoms with E-state index in [0.29, 0.717) is 26.4 Å². The van der Waals surface area contributed by atoms with Gasteiger partial charge in [-0.05, 0) is 6.42 Å². The maximum absolute atomic E-state index is 5.57. The molecule has 26 heavy (non-hydrogen) atoms. The Hall–Kier alpha value is -0.120. The van der Waals surface area contributed by atoms with E-state index in [0.717, 1.165) is 6.61 Å². The van der Waals surface area contributed by atoms with Crippen molar-refractivity contribution in [2.45, 2.75) is 110 Å². The topological polar surface area (TPSA) is 27.7 Å². The minimum absolute atomic E-state index is 0.666. The van der Waals surface area contributed by atoms with Crippen LogP contribution in [0.25, 0.3) is 0 Å². The molecular formula is C23H48O3. The molecule has 3 nitrogen and oxygen atoms in total. The second-order valence-electron chi connectivity index (χ2n) is 7.52. The molecule has 0 aromatic carbocycles. The van der Waals surface area contributed by atoms with E-state index >= 15 is 0 Å². The van der Waals surface area contributed by atoms with Crippen LogP contribution in [0.2, 0.25) is 0 Å². The summed E-state index contributed by atoms with van der Waals surface area (Å²) < 4.78 is 15.8. The monoisotopic (exact) mass is 372 g/mol. The average molecular weight is 373 g/mol. The van der Waals surface area contributed by atoms with E-state index in [1.54, 1.807) is 7.11 Å². The molecule has 3 heteroatoms. The predicted octanol–water partition coefficient (Wildman–Crippen LogP) is 6.93. The smallest absolute Gasteiger partial charge is 0.0701 e. The maximum Gasteiger partial charge on any atom is 0.0701 e. The lowest BCUT2D eigenvalue weighted by atomic mass is 10.0. The fraction of sp³-hybridized carbons (Fsp3) is 1.00. The zero-order valence-electron chi connectivity index (χ0n) is 18.1. The molecule has 158 valence electrons. The summed E-state index contributed by atoms with van der Waals surface area (Å²) >= 11 is 0. The summed E-state index contributed by atoms with van der Waals surface area (Å²) in [6.07, 6.45) is 22.6. The van der Waals surface area contributed by atoms with Gasteiger partial charge >= 0.3 is 0 Å². The number of methoxy groups -OCH3 is 1. The van der Waals surface area contributed by atoms with Crippen molar-refractivity contribution in [2.75, 3.05) is 40.1 Å². The van der Waals surface area contributed by atoms with E-state index in [-0.39, 0.29) is 0 Å². The van der Waals surface area contributed by atoms with Crippen LogP contribution in [0.15, 0.2) is 0 Å². The van der Waals surface area contributed by atoms with Crippen molar-refractivity contribution >= 4 is 0 Å². The number of rotatable bonds is 23. The van der Waals surface area contributed by atoms with E-state index in [1.165, 1.54) is 103 Å². The van der Waals surface area contributed by atoms with E-state index in [2.05, 4.69) is 6.92 Å². The molecule has 0 aromatic rings. The van der Waals surface area contributed by atoms with Crippen LogP contribution in [-0.2, 0) is 14.2 Å². The van der Waals surface area contributed by atoms with Gasteiger partial charge in [0.1, 0.15) is 0 Å². The Balaban J connectivity index is 2.95. The van der Waals surface area contributed by atoms with E-state index in [9.17, 15) is 0 Å². The van der Waals surface area contributed by atoms with Crippen LogP contribution in [-0.4, -0.2) is 40.1 Å². The highest BCUT2D eigenvalue weighted by molar-refractivity contribution is 4.50. The molecule has 0 radical (unpaired) electrons. The van der Waals surface area contributed by atoms with Gasteiger partial charge in [-0.3, -0.25) is 0 Å². The van der Waals surface area contributed by atoms with Crippen LogP contribution in [0.1, 0.15) is 110 Å². The third-order valence-electron chi connectivity index (χ3n) is 4.95. The largest absolute Gasteiger partial charge is 0.382 e. The molecule has 0 bridgehead atoms. The van der Waals surface area contributed by atoms with E-state index in [1.807, 2.05) is 0 Å². The minimum atomic E-state index is 0.666. The Morgan fingerprint density at radius 3 is 1.15 bits per heavy atom. The van der Waals surface area contributed by atoms with Gasteiger partial charge in [-0.2, -0.15) is 0 Å². The fourth-order valence-corrected chi connectivity index (χ4v) is 3.22. The summed E-state index contributed by atoms with van der Waals surface area (Å²) in [6, 6.07) is 0. The number of unbranched alkanes of at least 4 members (excludes halogenated alkanes) is 15. The molecule has 0 heterocycles. The lowest BCUT2D eigenvalue weighted by Crippen LogP contribution is -2.08. The van der Waals surface area contributed by atoms with Gasteiger partial charge in [-0.15, -0.1) is 0 Å². The van der Waals surface area contributed by atoms with Gasteiger partial charge in [0.05, 0.1) is 26.4 Å². The molecule has 0 aliphatic heterocycles. The van der Waals surface area contributed by atoms with Gasteiger partial charge in [0, 0.05) is 13.7 Å². The predicted molar refractivity (Wildman–Crippen MR) is 113 cm³/mol. The van der Waals surface area contributed by atoms with Crippen molar-refractivity contribution in [1.82, 2.24) is 0 Å². The van der Waals surface area contributed by atoms with Crippen molar-refractivity contribution < 1.29 is 14.2 Å². The van der Waals surface area contributed by atoms with Crippen LogP contribution in [0.4, 0.5) is 0 Å². The molecule has 0 rings (SSSR count). The molecule has 0 N–H and O–H groups in total. The standard InChI is InChI=1S/C23H48O3/c1-3-4-5-6-7-8-9-10-11-12-13-14-15-16-17-18-19-25-22-23-26-21-20-24-2/h3-23H2,1-2H3. The van der Waals surface area contributed by atoms with E-state index < -0.39 is 0 Å². The third-order valence-corrected chi connectivity index (χ3v) is 4.95. The maximum atomic E-state index is 5.57. The highest BCUT2D eigenvalue weighted by Crippen LogP contribution is 2.13. The van der Waals surface area contributed by atoms with Gasteiger partial charge < -0.3 is 14.2 Å². The van der Waals surface area contributed by atoms with Crippen molar-refractivity contribution in [1.29, 1.82) is 0 Å². The van der Waals surface area contributed by atoms with Crippen LogP contribution >= 0.6 is 0 Å². The first-order valence-corrected chi connectivity index (χ1v) is 11.6. The van der Waals surface area contributed by atoms with Crippen LogP contribution in [0, 0.1) is 0 Å². The summed E-state index contributed by atoms with van der Waals surface area (Å²) in [5, 5.41) is 0. The SMILES string of the molecule is CCCCCCCCCCCCCCCCCCOCCOCCOC. The fourth-order valence-electron chi connectivity index (χ4n) is 3.22. The molecule has 0 unspecified atom stereocenters. The Bertz CT molecular complexity index is 209. The Morgan fingerprint density at radius 1 is 0.385 bits per heavy atom. The zero-order chi connectivity index (χ0) is 19.0. The van der Waals surface area contributed by atoms with Gasteiger partial charge in [-0.25, -0.2) is 0 Å². The van der Waals surface area contributed by atoms with Gasteiger partial charge in [0.2, 0.25) is 0 Å². The van der Waals surface area contributed by atoms with Gasteiger partial charge in [-0.1, -0.05) is 103 Å². The molecule has 0 saturated carbocycles. The molecule has 0 saturated heterocycles. The lowest BCUT2D eigenvalue weighted by Gasteiger charge is -2.06. The van der Waals surface area contributed by atoms with Crippen molar-refractivity contribution in [3.63, 3.8) is 0 Å². The number of hydrogen-bond donors (Lipinski definition) is 0. The first kappa shape index (κ1) is 25.9. The summed E-state index contributed by atoms with van der Waals surface area (Å²) in [4.78, 5) is 0. The van der Waals surface area contributed by atoms with Crippen LogP contribution in [0.5, 0.6) is 0 Å². The number of hydrogen-bond acceptors (Lipinski definition) is 3. The summed E-state index contributed by atoms with van der Waals surface area (Å²) in [5.41, 5.74) is 0. The molecule has 0 aromatic heterocycles. The molecule has 0 aliphatic rings. The van der Waals surface area contributed by atoms with Crippen LogP contribution < -0.4 is 0 Å². The van der Waals surface area contributed by atoms with E-state index in [4.69, 9.17) is 14.2 Å². The normalized spacial score (nSPS) is 11.3. The highest BCUT2D eigenvalue weighted by atomic mass is 16.5. The summed E-state index contributed by atoms with van der Waals surface area (Å²) in [7, 11) is 1.69. The first-order valence-electron chi connectivity index (χ1n) is 11.6. The number of ether oxygens (including phenoxy) is 3. The quantitative estimate of drug-likeness (QED) is 0.182. The second kappa shape index (κ2) is 24.9. The second-order valence-corrected chi connectivity index (χ2v) is 7.52. The molecule has 0 atom stereocenters. The lowest BCUT2D eigenvalue weighted by molar-refractivity contribution is 0.0239. The van der Waals surface area contributed by atoms with Crippen molar-refractivity contribution in [3.05, 3.63) is 0 Å². The summed E-state index contributed by atoms with van der Waals surface area (Å²) in [6.45, 7) is 5.90. The van der Waals surface area contributed by atoms with Crippen LogP contribution in [0.3, 0.4) is 0 Å². The third kappa shape index (κ3) is 23.9. The summed E-state index contributed by atoms with van der Waals surface area (Å²) in [5.74, 6) is 0. The Kier molecular flexibility index (Phi) is 24.8. The molecule has 0 fully saturated rings. The Labute approximate surface area is 164 Å². The molecular weight excluding hydrogens is 324 g/mol. The first-order chi connectivity index (χ1) is 12.9. The zero-order valence-corrected chi connectivity index (χ0v) is 18.1. The van der Waals surface area contributed by atoms with Gasteiger partial charge in [0.25, 0.3) is 0 Å². The van der Waals surface area contributed by atoms with Gasteiger partial charge in [0.15, 0.2) is 0 Å². The highest BCUT2D eigenvalue weighted by Gasteiger charge is 1.95. The van der Waals surface area contributed by atoms with Crippen molar-refractivity contribution in [2.24, 2.45) is 0 Å². The molecule has 0 spiro atoms. The average Bonchev–Trinajstić information content (AvgIpc) is 2.66. The molecule has 0 aliphatic carbocycles. The minimum Gasteiger partial charge on any atom is -0.382 e. The van der Waals surface area contributed by atoms with Crippen molar-refractivity contribution in [3.8, 4) is 0 Å².